The van der Waals surface area contributed by atoms with E-state index in [4.69, 9.17) is 4.42 Å². The van der Waals surface area contributed by atoms with Crippen LogP contribution in [0.5, 0.6) is 0 Å². The predicted molar refractivity (Wildman–Crippen MR) is 227 cm³/mol. The van der Waals surface area contributed by atoms with Crippen LogP contribution in [-0.4, -0.2) is 8.42 Å². The second kappa shape index (κ2) is 13.6. The largest absolute Gasteiger partial charge is 0.455 e. The van der Waals surface area contributed by atoms with Gasteiger partial charge in [-0.3, -0.25) is 0 Å². The summed E-state index contributed by atoms with van der Waals surface area (Å²) in [5.74, 6) is 0.390. The zero-order chi connectivity index (χ0) is 37.6. The van der Waals surface area contributed by atoms with Gasteiger partial charge in [-0.1, -0.05) is 109 Å². The number of anilines is 6. The Labute approximate surface area is 325 Å². The van der Waals surface area contributed by atoms with E-state index >= 15 is 0 Å². The van der Waals surface area contributed by atoms with Gasteiger partial charge in [0.05, 0.1) is 4.90 Å². The summed E-state index contributed by atoms with van der Waals surface area (Å²) in [6, 6.07) is 69.2. The highest BCUT2D eigenvalue weighted by Crippen LogP contribution is 2.50. The average Bonchev–Trinajstić information content (AvgIpc) is 3.75. The highest BCUT2D eigenvalue weighted by molar-refractivity contribution is 7.92. The fourth-order valence-electron chi connectivity index (χ4n) is 7.74. The van der Waals surface area contributed by atoms with E-state index in [1.807, 2.05) is 103 Å². The Bertz CT molecular complexity index is 2870. The average molecular weight is 743 g/mol. The zero-order valence-electron chi connectivity index (χ0n) is 30.2. The monoisotopic (exact) mass is 742 g/mol. The molecule has 56 heavy (non-hydrogen) atoms. The standard InChI is InChI=1S/C50H34N2O3S/c53-56(54)48-32-26-37(35-21-27-43(28-22-35)51(39-13-5-1-6-14-39)40-15-7-2-8-16-40)33-46(48)49-50(56)45-31-25-38(34-47(45)55-49)36-23-29-44(30-24-36)52(41-17-9-3-10-18-41)42-19-11-4-12-20-42/h1-34H. The molecule has 0 radical (unpaired) electrons. The van der Waals surface area contributed by atoms with Crippen molar-refractivity contribution in [3.8, 4) is 33.6 Å². The van der Waals surface area contributed by atoms with E-state index in [-0.39, 0.29) is 9.79 Å². The van der Waals surface area contributed by atoms with E-state index in [1.54, 1.807) is 6.07 Å². The summed E-state index contributed by atoms with van der Waals surface area (Å²) < 4.78 is 34.5. The van der Waals surface area contributed by atoms with Crippen LogP contribution < -0.4 is 9.80 Å². The Morgan fingerprint density at radius 2 is 0.750 bits per heavy atom. The topological polar surface area (TPSA) is 53.8 Å². The van der Waals surface area contributed by atoms with E-state index in [2.05, 4.69) is 107 Å². The van der Waals surface area contributed by atoms with Crippen molar-refractivity contribution < 1.29 is 12.8 Å². The molecule has 0 fully saturated rings. The quantitative estimate of drug-likeness (QED) is 0.155. The highest BCUT2D eigenvalue weighted by atomic mass is 32.2. The lowest BCUT2D eigenvalue weighted by Crippen LogP contribution is -2.09. The molecule has 0 N–H and O–H groups in total. The lowest BCUT2D eigenvalue weighted by atomic mass is 10.0. The van der Waals surface area contributed by atoms with Gasteiger partial charge >= 0.3 is 0 Å². The van der Waals surface area contributed by atoms with Gasteiger partial charge in [0.25, 0.3) is 0 Å². The first kappa shape index (κ1) is 33.4. The molecule has 0 unspecified atom stereocenters. The summed E-state index contributed by atoms with van der Waals surface area (Å²) in [5.41, 5.74) is 11.2. The second-order valence-corrected chi connectivity index (χ2v) is 15.6. The maximum atomic E-state index is 14.0. The van der Waals surface area contributed by atoms with Crippen LogP contribution in [0.25, 0.3) is 44.5 Å². The predicted octanol–water partition coefficient (Wildman–Crippen LogP) is 13.5. The minimum atomic E-state index is -3.78. The molecule has 8 aromatic carbocycles. The maximum Gasteiger partial charge on any atom is 0.211 e. The molecule has 0 aliphatic carbocycles. The summed E-state index contributed by atoms with van der Waals surface area (Å²) in [7, 11) is -3.78. The Balaban J connectivity index is 0.975. The van der Waals surface area contributed by atoms with Gasteiger partial charge in [0.1, 0.15) is 10.5 Å². The van der Waals surface area contributed by atoms with Crippen molar-refractivity contribution in [3.05, 3.63) is 206 Å². The molecule has 0 spiro atoms. The van der Waals surface area contributed by atoms with Gasteiger partial charge < -0.3 is 14.2 Å². The summed E-state index contributed by atoms with van der Waals surface area (Å²) in [4.78, 5) is 4.94. The van der Waals surface area contributed by atoms with Crippen molar-refractivity contribution in [1.29, 1.82) is 0 Å². The Kier molecular flexibility index (Phi) is 8.12. The third kappa shape index (κ3) is 5.75. The van der Waals surface area contributed by atoms with Crippen molar-refractivity contribution in [1.82, 2.24) is 0 Å². The molecule has 1 aliphatic rings. The molecule has 10 rings (SSSR count). The zero-order valence-corrected chi connectivity index (χ0v) is 31.0. The number of para-hydroxylation sites is 4. The second-order valence-electron chi connectivity index (χ2n) is 13.8. The van der Waals surface area contributed by atoms with Crippen LogP contribution in [0.4, 0.5) is 34.1 Å². The summed E-state index contributed by atoms with van der Waals surface area (Å²) >= 11 is 0. The number of fused-ring (bicyclic) bond motifs is 5. The Morgan fingerprint density at radius 1 is 0.375 bits per heavy atom. The van der Waals surface area contributed by atoms with Crippen molar-refractivity contribution in [2.45, 2.75) is 9.79 Å². The number of hydrogen-bond donors (Lipinski definition) is 0. The molecule has 1 aliphatic heterocycles. The number of sulfone groups is 1. The van der Waals surface area contributed by atoms with Crippen LogP contribution in [0.2, 0.25) is 0 Å². The molecular weight excluding hydrogens is 709 g/mol. The molecule has 9 aromatic rings. The smallest absolute Gasteiger partial charge is 0.211 e. The lowest BCUT2D eigenvalue weighted by molar-refractivity contribution is 0.597. The van der Waals surface area contributed by atoms with E-state index in [0.717, 1.165) is 56.4 Å². The van der Waals surface area contributed by atoms with Gasteiger partial charge in [-0.05, 0) is 119 Å². The molecule has 0 bridgehead atoms. The van der Waals surface area contributed by atoms with Gasteiger partial charge in [0.15, 0.2) is 5.76 Å². The third-order valence-corrected chi connectivity index (χ3v) is 12.3. The number of benzene rings is 8. The van der Waals surface area contributed by atoms with Crippen LogP contribution in [0.1, 0.15) is 0 Å². The van der Waals surface area contributed by atoms with Gasteiger partial charge in [-0.15, -0.1) is 0 Å². The van der Waals surface area contributed by atoms with E-state index in [1.165, 1.54) is 0 Å². The summed E-state index contributed by atoms with van der Waals surface area (Å²) in [6.45, 7) is 0. The summed E-state index contributed by atoms with van der Waals surface area (Å²) in [6.07, 6.45) is 0. The minimum absolute atomic E-state index is 0.236. The highest BCUT2D eigenvalue weighted by Gasteiger charge is 2.39. The normalized spacial score (nSPS) is 12.6. The SMILES string of the molecule is O=S1(=O)c2ccc(-c3ccc(N(c4ccccc4)c4ccccc4)cc3)cc2-c2oc3cc(-c4ccc(N(c5ccccc5)c5ccccc5)cc4)ccc3c21. The molecule has 5 nitrogen and oxygen atoms in total. The first-order valence-electron chi connectivity index (χ1n) is 18.5. The first-order chi connectivity index (χ1) is 27.5. The number of nitrogens with zero attached hydrogens (tertiary/aromatic N) is 2. The molecule has 0 amide bonds. The Hall–Kier alpha value is -7.15. The molecule has 0 saturated carbocycles. The van der Waals surface area contributed by atoms with Crippen LogP contribution in [0.15, 0.2) is 220 Å². The van der Waals surface area contributed by atoms with Gasteiger partial charge in [0, 0.05) is 45.1 Å². The van der Waals surface area contributed by atoms with Crippen LogP contribution in [0, 0.1) is 0 Å². The fraction of sp³-hybridized carbons (Fsp3) is 0. The van der Waals surface area contributed by atoms with E-state index in [0.29, 0.717) is 22.3 Å². The van der Waals surface area contributed by atoms with Crippen molar-refractivity contribution in [2.75, 3.05) is 9.80 Å². The van der Waals surface area contributed by atoms with Crippen molar-refractivity contribution in [2.24, 2.45) is 0 Å². The van der Waals surface area contributed by atoms with Crippen molar-refractivity contribution >= 4 is 54.9 Å². The lowest BCUT2D eigenvalue weighted by Gasteiger charge is -2.25. The van der Waals surface area contributed by atoms with Crippen LogP contribution in [-0.2, 0) is 9.84 Å². The van der Waals surface area contributed by atoms with Gasteiger partial charge in [-0.25, -0.2) is 8.42 Å². The molecule has 268 valence electrons. The number of furan rings is 1. The summed E-state index contributed by atoms with van der Waals surface area (Å²) in [5, 5.41) is 0.587. The Morgan fingerprint density at radius 3 is 1.20 bits per heavy atom. The van der Waals surface area contributed by atoms with E-state index < -0.39 is 9.84 Å². The molecule has 0 atom stereocenters. The molecular formula is C50H34N2O3S. The maximum absolute atomic E-state index is 14.0. The van der Waals surface area contributed by atoms with Crippen LogP contribution >= 0.6 is 0 Å². The molecule has 2 heterocycles. The van der Waals surface area contributed by atoms with Crippen molar-refractivity contribution in [3.63, 3.8) is 0 Å². The molecule has 0 saturated heterocycles. The van der Waals surface area contributed by atoms with Gasteiger partial charge in [-0.2, -0.15) is 0 Å². The third-order valence-electron chi connectivity index (χ3n) is 10.4. The fourth-order valence-corrected chi connectivity index (χ4v) is 9.50. The van der Waals surface area contributed by atoms with Crippen LogP contribution in [0.3, 0.4) is 0 Å². The molecule has 1 aromatic heterocycles. The van der Waals surface area contributed by atoms with E-state index in [9.17, 15) is 8.42 Å². The minimum Gasteiger partial charge on any atom is -0.455 e. The number of rotatable bonds is 8. The van der Waals surface area contributed by atoms with Gasteiger partial charge in [0.2, 0.25) is 9.84 Å². The first-order valence-corrected chi connectivity index (χ1v) is 20.0. The molecule has 6 heteroatoms. The number of hydrogen-bond acceptors (Lipinski definition) is 5.